The number of benzene rings is 5. The van der Waals surface area contributed by atoms with Crippen molar-refractivity contribution in [1.29, 1.82) is 0 Å². The van der Waals surface area contributed by atoms with Crippen molar-refractivity contribution in [3.63, 3.8) is 0 Å². The standard InChI is InChI=1S/C51H54N8O6S.C2H6/c1-34-28-40(65-27-13-20-45(60)53-24-23-52)29-35(2)47(34)66-57-43(49(63)64)32-55-48(62)42-33-58(3)44-30-36(21-22-41(44)46(42)61)31-56-50-54-25-26-59(50)51(37-14-7-4-8-15-37,38-16-9-5-10-17-38)39-18-11-6-12-19-39;1-2/h4-12,14-19,21-22,25-26,28-30,33,43,57H,13,20,23-24,27,31-32,52H2,1-3H3,(H,53,60)(H,54,56)(H,55,62)(H,63,64);1-2H3. The topological polar surface area (TPSA) is 195 Å². The third-order valence-electron chi connectivity index (χ3n) is 11.3. The molecule has 1 atom stereocenters. The minimum atomic E-state index is -1.17. The van der Waals surface area contributed by atoms with Crippen LogP contribution >= 0.6 is 11.9 Å². The lowest BCUT2D eigenvalue weighted by Crippen LogP contribution is -2.44. The number of rotatable bonds is 21. The number of nitrogens with two attached hydrogens (primary N) is 1. The van der Waals surface area contributed by atoms with Gasteiger partial charge < -0.3 is 36.1 Å². The van der Waals surface area contributed by atoms with Crippen molar-refractivity contribution in [3.8, 4) is 5.75 Å². The fourth-order valence-electron chi connectivity index (χ4n) is 8.12. The Labute approximate surface area is 401 Å². The van der Waals surface area contributed by atoms with Gasteiger partial charge in [0.1, 0.15) is 22.9 Å². The second kappa shape index (κ2) is 24.0. The number of carbonyl (C=O) groups excluding carboxylic acids is 2. The third-order valence-corrected chi connectivity index (χ3v) is 12.6. The van der Waals surface area contributed by atoms with Crippen LogP contribution in [0, 0.1) is 13.8 Å². The quantitative estimate of drug-likeness (QED) is 0.0237. The fraction of sp³-hybridized carbons (Fsp3) is 0.264. The molecular formula is C53H60N8O6S. The van der Waals surface area contributed by atoms with E-state index in [4.69, 9.17) is 15.5 Å². The molecule has 14 nitrogen and oxygen atoms in total. The Morgan fingerprint density at radius 2 is 1.46 bits per heavy atom. The summed E-state index contributed by atoms with van der Waals surface area (Å²) in [4.78, 5) is 57.1. The second-order valence-electron chi connectivity index (χ2n) is 15.9. The molecule has 7 aromatic rings. The van der Waals surface area contributed by atoms with E-state index in [0.717, 1.165) is 50.2 Å². The number of ether oxygens (including phenoxy) is 1. The average molecular weight is 937 g/mol. The molecule has 2 amide bonds. The van der Waals surface area contributed by atoms with E-state index in [-0.39, 0.29) is 18.0 Å². The van der Waals surface area contributed by atoms with Crippen molar-refractivity contribution >= 4 is 46.6 Å². The van der Waals surface area contributed by atoms with Gasteiger partial charge in [-0.25, -0.2) is 9.71 Å². The predicted octanol–water partition coefficient (Wildman–Crippen LogP) is 7.54. The van der Waals surface area contributed by atoms with Crippen molar-refractivity contribution in [2.45, 2.75) is 63.6 Å². The molecule has 7 N–H and O–H groups in total. The Balaban J connectivity index is 0.00000376. The maximum atomic E-state index is 13.8. The lowest BCUT2D eigenvalue weighted by molar-refractivity contribution is -0.138. The lowest BCUT2D eigenvalue weighted by Gasteiger charge is -2.38. The molecule has 68 heavy (non-hydrogen) atoms. The van der Waals surface area contributed by atoms with E-state index in [1.807, 2.05) is 113 Å². The summed E-state index contributed by atoms with van der Waals surface area (Å²) in [5.74, 6) is -0.650. The highest BCUT2D eigenvalue weighted by Gasteiger charge is 2.39. The summed E-state index contributed by atoms with van der Waals surface area (Å²) in [6.45, 7) is 9.06. The molecule has 0 saturated heterocycles. The number of carbonyl (C=O) groups is 3. The number of amides is 2. The van der Waals surface area contributed by atoms with Gasteiger partial charge >= 0.3 is 5.97 Å². The van der Waals surface area contributed by atoms with Gasteiger partial charge in [-0.1, -0.05) is 111 Å². The summed E-state index contributed by atoms with van der Waals surface area (Å²) in [6, 6.07) is 39.0. The molecule has 1 unspecified atom stereocenters. The van der Waals surface area contributed by atoms with Gasteiger partial charge in [0.25, 0.3) is 5.91 Å². The minimum Gasteiger partial charge on any atom is -0.494 e. The molecule has 0 radical (unpaired) electrons. The van der Waals surface area contributed by atoms with Crippen LogP contribution in [-0.2, 0) is 28.7 Å². The van der Waals surface area contributed by atoms with E-state index in [9.17, 15) is 24.3 Å². The molecule has 0 spiro atoms. The summed E-state index contributed by atoms with van der Waals surface area (Å²) < 4.78 is 12.7. The Bertz CT molecular complexity index is 2730. The number of anilines is 1. The molecule has 0 aliphatic heterocycles. The maximum Gasteiger partial charge on any atom is 0.323 e. The summed E-state index contributed by atoms with van der Waals surface area (Å²) in [7, 11) is 1.76. The molecule has 0 aliphatic carbocycles. The van der Waals surface area contributed by atoms with Crippen molar-refractivity contribution < 1.29 is 24.2 Å². The zero-order chi connectivity index (χ0) is 48.6. The van der Waals surface area contributed by atoms with Crippen LogP contribution in [0.1, 0.15) is 70.4 Å². The van der Waals surface area contributed by atoms with Crippen molar-refractivity contribution in [3.05, 3.63) is 189 Å². The van der Waals surface area contributed by atoms with Crippen LogP contribution in [-0.4, -0.2) is 69.3 Å². The Morgan fingerprint density at radius 1 is 0.853 bits per heavy atom. The number of aromatic nitrogens is 3. The first kappa shape index (κ1) is 50.2. The normalized spacial score (nSPS) is 11.6. The van der Waals surface area contributed by atoms with E-state index >= 15 is 0 Å². The van der Waals surface area contributed by atoms with Crippen molar-refractivity contribution in [2.75, 3.05) is 31.6 Å². The minimum absolute atomic E-state index is 0.0761. The van der Waals surface area contributed by atoms with Crippen molar-refractivity contribution in [2.24, 2.45) is 12.8 Å². The Hall–Kier alpha value is -7.20. The number of nitrogens with one attached hydrogen (secondary N) is 4. The first-order valence-electron chi connectivity index (χ1n) is 22.7. The number of carboxylic acids is 1. The summed E-state index contributed by atoms with van der Waals surface area (Å²) in [5, 5.41) is 19.3. The van der Waals surface area contributed by atoms with Gasteiger partial charge in [0.15, 0.2) is 0 Å². The van der Waals surface area contributed by atoms with Gasteiger partial charge in [-0.3, -0.25) is 23.7 Å². The molecule has 15 heteroatoms. The molecule has 0 aliphatic rings. The Kier molecular flexibility index (Phi) is 17.7. The maximum absolute atomic E-state index is 13.8. The van der Waals surface area contributed by atoms with Gasteiger partial charge in [-0.15, -0.1) is 0 Å². The number of hydrogen-bond acceptors (Lipinski definition) is 10. The molecule has 7 rings (SSSR count). The lowest BCUT2D eigenvalue weighted by atomic mass is 9.76. The van der Waals surface area contributed by atoms with E-state index in [2.05, 4.69) is 61.6 Å². The fourth-order valence-corrected chi connectivity index (χ4v) is 9.00. The molecule has 5 aromatic carbocycles. The second-order valence-corrected chi connectivity index (χ2v) is 16.8. The van der Waals surface area contributed by atoms with Gasteiger partial charge in [0, 0.05) is 68.5 Å². The van der Waals surface area contributed by atoms with Crippen LogP contribution in [0.4, 0.5) is 5.95 Å². The number of carboxylic acid groups (broad SMARTS) is 1. The smallest absolute Gasteiger partial charge is 0.323 e. The zero-order valence-corrected chi connectivity index (χ0v) is 39.9. The number of imidazole rings is 1. The van der Waals surface area contributed by atoms with Crippen LogP contribution in [0.25, 0.3) is 10.9 Å². The van der Waals surface area contributed by atoms with E-state index in [1.54, 1.807) is 23.9 Å². The average Bonchev–Trinajstić information content (AvgIpc) is 3.83. The predicted molar refractivity (Wildman–Crippen MR) is 270 cm³/mol. The molecular weight excluding hydrogens is 877 g/mol. The molecule has 0 fully saturated rings. The van der Waals surface area contributed by atoms with Crippen LogP contribution in [0.5, 0.6) is 5.75 Å². The molecule has 2 aromatic heterocycles. The summed E-state index contributed by atoms with van der Waals surface area (Å²) >= 11 is 1.14. The first-order chi connectivity index (χ1) is 33.0. The van der Waals surface area contributed by atoms with Crippen LogP contribution in [0.2, 0.25) is 0 Å². The van der Waals surface area contributed by atoms with Crippen molar-refractivity contribution in [1.82, 2.24) is 29.5 Å². The monoisotopic (exact) mass is 936 g/mol. The van der Waals surface area contributed by atoms with E-state index < -0.39 is 28.9 Å². The third kappa shape index (κ3) is 11.7. The number of pyridine rings is 1. The van der Waals surface area contributed by atoms with Gasteiger partial charge in [-0.05, 0) is 89.9 Å². The highest BCUT2D eigenvalue weighted by molar-refractivity contribution is 7.97. The number of hydrogen-bond donors (Lipinski definition) is 6. The number of nitrogens with zero attached hydrogens (tertiary/aromatic N) is 3. The van der Waals surface area contributed by atoms with Gasteiger partial charge in [0.05, 0.1) is 12.1 Å². The van der Waals surface area contributed by atoms with E-state index in [0.29, 0.717) is 61.7 Å². The first-order valence-corrected chi connectivity index (χ1v) is 23.5. The van der Waals surface area contributed by atoms with Crippen LogP contribution in [0.3, 0.4) is 0 Å². The highest BCUT2D eigenvalue weighted by Crippen LogP contribution is 2.42. The van der Waals surface area contributed by atoms with Gasteiger partial charge in [-0.2, -0.15) is 0 Å². The largest absolute Gasteiger partial charge is 0.494 e. The summed E-state index contributed by atoms with van der Waals surface area (Å²) in [5.41, 5.74) is 10.5. The molecule has 0 bridgehead atoms. The van der Waals surface area contributed by atoms with Crippen LogP contribution < -0.4 is 36.6 Å². The van der Waals surface area contributed by atoms with Gasteiger partial charge in [0.2, 0.25) is 17.3 Å². The summed E-state index contributed by atoms with van der Waals surface area (Å²) in [6.07, 6.45) is 6.11. The SMILES string of the molecule is CC.Cc1cc(OCCCC(=O)NCCN)cc(C)c1SNC(CNC(=O)c1cn(C)c2cc(CNc3nccn3C(c3ccccc3)(c3ccccc3)c3ccccc3)ccc2c1=O)C(=O)O. The van der Waals surface area contributed by atoms with E-state index in [1.165, 1.54) is 6.20 Å². The molecule has 354 valence electrons. The van der Waals surface area contributed by atoms with Crippen LogP contribution in [0.15, 0.2) is 150 Å². The number of aliphatic carboxylic acids is 1. The Morgan fingerprint density at radius 3 is 2.03 bits per heavy atom. The highest BCUT2D eigenvalue weighted by atomic mass is 32.2. The zero-order valence-electron chi connectivity index (χ0n) is 39.1. The number of aryl methyl sites for hydroxylation is 3. The molecule has 2 heterocycles. The molecule has 0 saturated carbocycles. The number of fused-ring (bicyclic) bond motifs is 1.